The number of esters is 1. The fraction of sp³-hybridized carbons (Fsp3) is 0.304. The number of ether oxygens (including phenoxy) is 2. The van der Waals surface area contributed by atoms with E-state index in [2.05, 4.69) is 0 Å². The van der Waals surface area contributed by atoms with Crippen LogP contribution >= 0.6 is 11.6 Å². The number of methoxy groups -OCH3 is 1. The molecule has 0 N–H and O–H groups in total. The van der Waals surface area contributed by atoms with E-state index in [4.69, 9.17) is 21.1 Å². The van der Waals surface area contributed by atoms with Crippen molar-refractivity contribution in [1.82, 2.24) is 4.90 Å². The molecule has 0 unspecified atom stereocenters. The minimum Gasteiger partial charge on any atom is -0.497 e. The van der Waals surface area contributed by atoms with Crippen LogP contribution in [0, 0.1) is 0 Å². The van der Waals surface area contributed by atoms with E-state index >= 15 is 0 Å². The highest BCUT2D eigenvalue weighted by Crippen LogP contribution is 2.61. The Hall–Kier alpha value is -3.20. The fourth-order valence-corrected chi connectivity index (χ4v) is 4.43. The van der Waals surface area contributed by atoms with Crippen LogP contribution in [-0.4, -0.2) is 36.8 Å². The Bertz CT molecular complexity index is 1130. The molecule has 0 bridgehead atoms. The summed E-state index contributed by atoms with van der Waals surface area (Å²) in [6, 6.07) is 10.0. The van der Waals surface area contributed by atoms with Gasteiger partial charge in [-0.1, -0.05) is 23.7 Å². The van der Waals surface area contributed by atoms with Gasteiger partial charge < -0.3 is 9.47 Å². The second kappa shape index (κ2) is 8.30. The molecule has 1 saturated heterocycles. The van der Waals surface area contributed by atoms with Gasteiger partial charge in [0.2, 0.25) is 0 Å². The molecule has 6 nitrogen and oxygen atoms in total. The molecule has 2 aromatic rings. The van der Waals surface area contributed by atoms with Crippen LogP contribution in [0.15, 0.2) is 54.2 Å². The summed E-state index contributed by atoms with van der Waals surface area (Å²) in [5, 5.41) is 0.110. The van der Waals surface area contributed by atoms with Gasteiger partial charge in [-0.3, -0.25) is 9.80 Å². The number of hydrogen-bond acceptors (Lipinski definition) is 4. The summed E-state index contributed by atoms with van der Waals surface area (Å²) in [7, 11) is 1.52. The van der Waals surface area contributed by atoms with Crippen LogP contribution in [0.5, 0.6) is 5.75 Å². The molecule has 0 aromatic heterocycles. The molecule has 1 fully saturated rings. The molecule has 2 aliphatic heterocycles. The van der Waals surface area contributed by atoms with Crippen LogP contribution in [0.1, 0.15) is 24.5 Å². The molecule has 2 amide bonds. The van der Waals surface area contributed by atoms with E-state index in [1.165, 1.54) is 30.2 Å². The van der Waals surface area contributed by atoms with E-state index in [9.17, 15) is 22.8 Å². The van der Waals surface area contributed by atoms with Gasteiger partial charge in [0.05, 0.1) is 25.9 Å². The number of carbonyl (C=O) groups is 2. The summed E-state index contributed by atoms with van der Waals surface area (Å²) in [5.74, 6) is -0.205. The molecular weight excluding hydrogens is 461 g/mol. The molecule has 0 spiro atoms. The van der Waals surface area contributed by atoms with Gasteiger partial charge >= 0.3 is 18.2 Å². The average Bonchev–Trinajstić information content (AvgIpc) is 2.74. The Morgan fingerprint density at radius 1 is 1.21 bits per heavy atom. The third kappa shape index (κ3) is 3.70. The SMILES string of the molecule is CCOC(=O)/C=C1\C[C@]2(C(F)(F)F)c3cc(Cl)ccc3N(Cc3ccc(OC)cc3)C(=O)N12. The Morgan fingerprint density at radius 3 is 2.52 bits per heavy atom. The Kier molecular flexibility index (Phi) is 5.78. The number of rotatable bonds is 5. The van der Waals surface area contributed by atoms with Gasteiger partial charge in [-0.15, -0.1) is 0 Å². The van der Waals surface area contributed by atoms with Crippen LogP contribution in [0.2, 0.25) is 5.02 Å². The zero-order chi connectivity index (χ0) is 24.0. The summed E-state index contributed by atoms with van der Waals surface area (Å²) in [4.78, 5) is 27.3. The van der Waals surface area contributed by atoms with Gasteiger partial charge in [0.1, 0.15) is 5.75 Å². The van der Waals surface area contributed by atoms with Crippen molar-refractivity contribution in [2.24, 2.45) is 0 Å². The predicted octanol–water partition coefficient (Wildman–Crippen LogP) is 5.40. The molecule has 174 valence electrons. The quantitative estimate of drug-likeness (QED) is 0.425. The van der Waals surface area contributed by atoms with Crippen molar-refractivity contribution in [3.8, 4) is 5.75 Å². The number of nitrogens with zero attached hydrogens (tertiary/aromatic N) is 2. The minimum absolute atomic E-state index is 0.00852. The van der Waals surface area contributed by atoms with Crippen LogP contribution in [0.3, 0.4) is 0 Å². The van der Waals surface area contributed by atoms with E-state index < -0.39 is 30.1 Å². The lowest BCUT2D eigenvalue weighted by atomic mass is 9.72. The summed E-state index contributed by atoms with van der Waals surface area (Å²) in [6.45, 7) is 1.65. The lowest BCUT2D eigenvalue weighted by Crippen LogP contribution is -2.70. The second-order valence-corrected chi connectivity index (χ2v) is 8.07. The first-order chi connectivity index (χ1) is 15.6. The van der Waals surface area contributed by atoms with Crippen LogP contribution in [0.25, 0.3) is 0 Å². The first-order valence-electron chi connectivity index (χ1n) is 10.1. The third-order valence-corrected chi connectivity index (χ3v) is 6.00. The van der Waals surface area contributed by atoms with Crippen LogP contribution in [-0.2, 0) is 21.6 Å². The highest BCUT2D eigenvalue weighted by atomic mass is 35.5. The first-order valence-corrected chi connectivity index (χ1v) is 10.5. The van der Waals surface area contributed by atoms with E-state index in [1.54, 1.807) is 31.2 Å². The van der Waals surface area contributed by atoms with Gasteiger partial charge in [0.15, 0.2) is 5.54 Å². The molecule has 10 heteroatoms. The Morgan fingerprint density at radius 2 is 1.91 bits per heavy atom. The zero-order valence-electron chi connectivity index (χ0n) is 17.8. The van der Waals surface area contributed by atoms with Crippen molar-refractivity contribution in [3.63, 3.8) is 0 Å². The number of anilines is 1. The van der Waals surface area contributed by atoms with Crippen LogP contribution < -0.4 is 9.64 Å². The lowest BCUT2D eigenvalue weighted by Gasteiger charge is -2.59. The Labute approximate surface area is 193 Å². The molecule has 2 heterocycles. The van der Waals surface area contributed by atoms with Crippen molar-refractivity contribution in [3.05, 3.63) is 70.4 Å². The monoisotopic (exact) mass is 480 g/mol. The van der Waals surface area contributed by atoms with Crippen molar-refractivity contribution in [2.75, 3.05) is 18.6 Å². The molecule has 33 heavy (non-hydrogen) atoms. The number of benzene rings is 2. The molecule has 2 aliphatic rings. The van der Waals surface area contributed by atoms with Crippen LogP contribution in [0.4, 0.5) is 23.7 Å². The number of hydrogen-bond donors (Lipinski definition) is 0. The lowest BCUT2D eigenvalue weighted by molar-refractivity contribution is -0.246. The number of urea groups is 1. The average molecular weight is 481 g/mol. The maximum Gasteiger partial charge on any atom is 0.416 e. The number of alkyl halides is 3. The van der Waals surface area contributed by atoms with Crippen molar-refractivity contribution in [2.45, 2.75) is 31.6 Å². The molecule has 0 saturated carbocycles. The van der Waals surface area contributed by atoms with Crippen molar-refractivity contribution >= 4 is 29.3 Å². The van der Waals surface area contributed by atoms with E-state index in [0.29, 0.717) is 16.2 Å². The molecule has 1 atom stereocenters. The largest absolute Gasteiger partial charge is 0.497 e. The highest BCUT2D eigenvalue weighted by Gasteiger charge is 2.71. The standard InChI is InChI=1S/C23H20ClF3N2O4/c1-3-33-20(30)11-16-12-22(23(25,26)27)18-10-15(24)6-9-19(18)28(21(31)29(16)22)13-14-4-7-17(32-2)8-5-14/h4-11H,3,12-13H2,1-2H3/b16-11+/t22-/m1/s1. The molecule has 0 aliphatic carbocycles. The molecule has 2 aromatic carbocycles. The first kappa shape index (κ1) is 23.0. The second-order valence-electron chi connectivity index (χ2n) is 7.64. The summed E-state index contributed by atoms with van der Waals surface area (Å²) >= 11 is 6.07. The fourth-order valence-electron chi connectivity index (χ4n) is 4.26. The number of fused-ring (bicyclic) bond motifs is 3. The number of halogens is 4. The number of carbonyl (C=O) groups excluding carboxylic acids is 2. The molecule has 4 rings (SSSR count). The molecule has 0 radical (unpaired) electrons. The van der Waals surface area contributed by atoms with Gasteiger partial charge in [0, 0.05) is 28.8 Å². The van der Waals surface area contributed by atoms with E-state index in [1.807, 2.05) is 0 Å². The van der Waals surface area contributed by atoms with Gasteiger partial charge in [-0.25, -0.2) is 9.59 Å². The topological polar surface area (TPSA) is 59.1 Å². The predicted molar refractivity (Wildman–Crippen MR) is 115 cm³/mol. The molecular formula is C23H20ClF3N2O4. The minimum atomic E-state index is -4.81. The number of amides is 2. The Balaban J connectivity index is 1.83. The van der Waals surface area contributed by atoms with E-state index in [0.717, 1.165) is 6.08 Å². The highest BCUT2D eigenvalue weighted by molar-refractivity contribution is 6.30. The summed E-state index contributed by atoms with van der Waals surface area (Å²) < 4.78 is 53.4. The third-order valence-electron chi connectivity index (χ3n) is 5.76. The van der Waals surface area contributed by atoms with Gasteiger partial charge in [0.25, 0.3) is 0 Å². The van der Waals surface area contributed by atoms with E-state index in [-0.39, 0.29) is 35.1 Å². The normalized spacial score (nSPS) is 20.8. The smallest absolute Gasteiger partial charge is 0.416 e. The van der Waals surface area contributed by atoms with Crippen molar-refractivity contribution < 1.29 is 32.2 Å². The van der Waals surface area contributed by atoms with Crippen molar-refractivity contribution in [1.29, 1.82) is 0 Å². The zero-order valence-corrected chi connectivity index (χ0v) is 18.5. The summed E-state index contributed by atoms with van der Waals surface area (Å²) in [6.07, 6.45) is -4.45. The maximum absolute atomic E-state index is 14.5. The maximum atomic E-state index is 14.5. The van der Waals surface area contributed by atoms with Gasteiger partial charge in [-0.2, -0.15) is 13.2 Å². The van der Waals surface area contributed by atoms with Gasteiger partial charge in [-0.05, 0) is 42.8 Å². The summed E-state index contributed by atoms with van der Waals surface area (Å²) in [5.41, 5.74) is -2.03.